The van der Waals surface area contributed by atoms with Gasteiger partial charge in [0.15, 0.2) is 0 Å². The van der Waals surface area contributed by atoms with E-state index in [4.69, 9.17) is 12.6 Å². The van der Waals surface area contributed by atoms with Crippen molar-refractivity contribution in [1.29, 1.82) is 0 Å². The minimum absolute atomic E-state index is 0.190. The van der Waals surface area contributed by atoms with Crippen LogP contribution in [0.15, 0.2) is 54.6 Å². The Morgan fingerprint density at radius 2 is 1.50 bits per heavy atom. The molecule has 0 saturated carbocycles. The van der Waals surface area contributed by atoms with Crippen LogP contribution in [-0.4, -0.2) is 25.2 Å². The quantitative estimate of drug-likeness (QED) is 0.244. The van der Waals surface area contributed by atoms with Gasteiger partial charge in [-0.15, -0.1) is 0 Å². The summed E-state index contributed by atoms with van der Waals surface area (Å²) >= 11 is 4.80. The van der Waals surface area contributed by atoms with Crippen molar-refractivity contribution in [3.63, 3.8) is 0 Å². The zero-order valence-electron chi connectivity index (χ0n) is 18.1. The molecule has 0 spiro atoms. The maximum Gasteiger partial charge on any atom is 0.327 e. The van der Waals surface area contributed by atoms with Gasteiger partial charge in [-0.2, -0.15) is 12.6 Å². The van der Waals surface area contributed by atoms with Gasteiger partial charge in [-0.3, -0.25) is 0 Å². The molecule has 0 atom stereocenters. The lowest BCUT2D eigenvalue weighted by Gasteiger charge is -2.33. The van der Waals surface area contributed by atoms with Gasteiger partial charge in [0.25, 0.3) is 0 Å². The van der Waals surface area contributed by atoms with Gasteiger partial charge in [0.1, 0.15) is 0 Å². The van der Waals surface area contributed by atoms with Gasteiger partial charge in [-0.1, -0.05) is 69.8 Å². The Kier molecular flexibility index (Phi) is 8.84. The molecular formula is C22H35B2N3S. The molecule has 28 heavy (non-hydrogen) atoms. The van der Waals surface area contributed by atoms with E-state index >= 15 is 0 Å². The summed E-state index contributed by atoms with van der Waals surface area (Å²) in [6.45, 7) is 12.5. The van der Waals surface area contributed by atoms with Crippen molar-refractivity contribution < 1.29 is 0 Å². The van der Waals surface area contributed by atoms with Crippen molar-refractivity contribution >= 4 is 38.0 Å². The third-order valence-corrected chi connectivity index (χ3v) is 5.36. The van der Waals surface area contributed by atoms with Crippen molar-refractivity contribution in [3.8, 4) is 0 Å². The number of thiol groups is 1. The molecule has 0 radical (unpaired) electrons. The molecule has 0 amide bonds. The van der Waals surface area contributed by atoms with Crippen LogP contribution < -0.4 is 10.5 Å². The van der Waals surface area contributed by atoms with E-state index in [1.54, 1.807) is 0 Å². The lowest BCUT2D eigenvalue weighted by molar-refractivity contribution is 0.578. The summed E-state index contributed by atoms with van der Waals surface area (Å²) in [6, 6.07) is 18.9. The number of nitrogens with zero attached hydrogens (tertiary/aromatic N) is 1. The number of unbranched alkanes of at least 4 members (excludes halogenated alkanes) is 2. The molecule has 0 fully saturated rings. The number of rotatable bonds is 11. The molecule has 2 N–H and O–H groups in total. The van der Waals surface area contributed by atoms with Gasteiger partial charge in [-0.05, 0) is 50.6 Å². The zero-order valence-corrected chi connectivity index (χ0v) is 19.0. The van der Waals surface area contributed by atoms with Gasteiger partial charge in [-0.25, -0.2) is 0 Å². The molecule has 2 aromatic carbocycles. The van der Waals surface area contributed by atoms with Crippen molar-refractivity contribution in [2.45, 2.75) is 58.4 Å². The molecule has 0 aliphatic carbocycles. The molecule has 2 aromatic rings. The van der Waals surface area contributed by atoms with Gasteiger partial charge in [0, 0.05) is 16.1 Å². The molecule has 0 saturated heterocycles. The minimum Gasteiger partial charge on any atom is -0.415 e. The second-order valence-electron chi connectivity index (χ2n) is 8.06. The van der Waals surface area contributed by atoms with E-state index in [0.29, 0.717) is 0 Å². The summed E-state index contributed by atoms with van der Waals surface area (Å²) in [4.78, 5) is 0. The first-order chi connectivity index (χ1) is 13.3. The Balaban J connectivity index is 2.16. The molecule has 0 unspecified atom stereocenters. The third kappa shape index (κ3) is 6.82. The highest BCUT2D eigenvalue weighted by atomic mass is 32.1. The SMILES string of the molecule is CCCCCN(B(C)Nc1ccccc1)B(C)Nc1ccccc1C(C)(C)S. The summed E-state index contributed by atoms with van der Waals surface area (Å²) in [7, 11) is 0. The summed E-state index contributed by atoms with van der Waals surface area (Å²) in [5.41, 5.74) is 3.53. The normalized spacial score (nSPS) is 11.4. The summed E-state index contributed by atoms with van der Waals surface area (Å²) in [5, 5.41) is 7.40. The minimum atomic E-state index is -0.190. The maximum absolute atomic E-state index is 4.80. The number of anilines is 2. The standard InChI is InChI=1S/C22H35B2N3S/c1-6-7-13-18-27(23(4)25-19-14-9-8-10-15-19)24(5)26-21-17-12-11-16-20(21)22(2,3)28/h8-12,14-17,25-26,28H,6-7,13,18H2,1-5H3. The largest absolute Gasteiger partial charge is 0.415 e. The highest BCUT2D eigenvalue weighted by Crippen LogP contribution is 2.33. The average molecular weight is 395 g/mol. The van der Waals surface area contributed by atoms with Crippen LogP contribution in [0.3, 0.4) is 0 Å². The Bertz CT molecular complexity index is 706. The molecule has 2 rings (SSSR count). The second kappa shape index (κ2) is 10.9. The van der Waals surface area contributed by atoms with Crippen LogP contribution in [-0.2, 0) is 4.75 Å². The number of para-hydroxylation sites is 2. The molecular weight excluding hydrogens is 360 g/mol. The molecule has 150 valence electrons. The number of hydrogen-bond acceptors (Lipinski definition) is 4. The van der Waals surface area contributed by atoms with Gasteiger partial charge in [0.2, 0.25) is 0 Å². The Morgan fingerprint density at radius 1 is 0.893 bits per heavy atom. The highest BCUT2D eigenvalue weighted by Gasteiger charge is 2.28. The predicted octanol–water partition coefficient (Wildman–Crippen LogP) is 6.10. The predicted molar refractivity (Wildman–Crippen MR) is 132 cm³/mol. The number of nitrogens with one attached hydrogen (secondary N) is 2. The van der Waals surface area contributed by atoms with Crippen molar-refractivity contribution in [2.24, 2.45) is 0 Å². The lowest BCUT2D eigenvalue weighted by atomic mass is 9.61. The van der Waals surface area contributed by atoms with Crippen molar-refractivity contribution in [1.82, 2.24) is 4.72 Å². The van der Waals surface area contributed by atoms with Crippen LogP contribution >= 0.6 is 12.6 Å². The number of benzene rings is 2. The van der Waals surface area contributed by atoms with Crippen LogP contribution in [0.25, 0.3) is 0 Å². The molecule has 6 heteroatoms. The first-order valence-electron chi connectivity index (χ1n) is 10.5. The topological polar surface area (TPSA) is 27.3 Å². The van der Waals surface area contributed by atoms with Crippen LogP contribution in [0.1, 0.15) is 45.6 Å². The van der Waals surface area contributed by atoms with Crippen LogP contribution in [0.2, 0.25) is 13.6 Å². The van der Waals surface area contributed by atoms with Gasteiger partial charge >= 0.3 is 14.0 Å². The van der Waals surface area contributed by atoms with Crippen molar-refractivity contribution in [2.75, 3.05) is 17.0 Å². The van der Waals surface area contributed by atoms with Gasteiger partial charge < -0.3 is 15.2 Å². The Hall–Kier alpha value is -1.52. The van der Waals surface area contributed by atoms with Crippen LogP contribution in [0, 0.1) is 0 Å². The van der Waals surface area contributed by atoms with Gasteiger partial charge in [0.05, 0.1) is 0 Å². The second-order valence-corrected chi connectivity index (χ2v) is 9.17. The van der Waals surface area contributed by atoms with E-state index in [9.17, 15) is 0 Å². The van der Waals surface area contributed by atoms with E-state index < -0.39 is 0 Å². The first kappa shape index (κ1) is 22.8. The fourth-order valence-corrected chi connectivity index (χ4v) is 3.77. The van der Waals surface area contributed by atoms with Crippen LogP contribution in [0.5, 0.6) is 0 Å². The summed E-state index contributed by atoms with van der Waals surface area (Å²) < 4.78 is 2.31. The lowest BCUT2D eigenvalue weighted by Crippen LogP contribution is -2.54. The number of hydrogen-bond donors (Lipinski definition) is 3. The third-order valence-electron chi connectivity index (χ3n) is 5.11. The summed E-state index contributed by atoms with van der Waals surface area (Å²) in [5.74, 6) is 0. The fraction of sp³-hybridized carbons (Fsp3) is 0.455. The summed E-state index contributed by atoms with van der Waals surface area (Å²) in [6.07, 6.45) is 3.68. The van der Waals surface area contributed by atoms with E-state index in [1.807, 2.05) is 0 Å². The average Bonchev–Trinajstić information content (AvgIpc) is 2.65. The van der Waals surface area contributed by atoms with E-state index in [-0.39, 0.29) is 18.7 Å². The molecule has 3 nitrogen and oxygen atoms in total. The highest BCUT2D eigenvalue weighted by molar-refractivity contribution is 7.81. The zero-order chi connectivity index (χ0) is 20.6. The van der Waals surface area contributed by atoms with E-state index in [0.717, 1.165) is 17.9 Å². The van der Waals surface area contributed by atoms with Crippen LogP contribution in [0.4, 0.5) is 11.4 Å². The fourth-order valence-electron chi connectivity index (χ4n) is 3.58. The van der Waals surface area contributed by atoms with E-state index in [1.165, 1.54) is 24.8 Å². The Labute approximate surface area is 178 Å². The molecule has 0 aromatic heterocycles. The molecule has 0 aliphatic rings. The smallest absolute Gasteiger partial charge is 0.327 e. The molecule has 0 aliphatic heterocycles. The Morgan fingerprint density at radius 3 is 2.14 bits per heavy atom. The monoisotopic (exact) mass is 395 g/mol. The molecule has 0 heterocycles. The molecule has 0 bridgehead atoms. The maximum atomic E-state index is 4.80. The first-order valence-corrected chi connectivity index (χ1v) is 10.9. The van der Waals surface area contributed by atoms with Crippen molar-refractivity contribution in [3.05, 3.63) is 60.2 Å². The van der Waals surface area contributed by atoms with E-state index in [2.05, 4.69) is 104 Å².